The number of carbonyl (C=O) groups is 1. The highest BCUT2D eigenvalue weighted by molar-refractivity contribution is 5.99. The predicted molar refractivity (Wildman–Crippen MR) is 67.0 cm³/mol. The molecular weight excluding hydrogens is 235 g/mol. The molecule has 1 heterocycles. The average Bonchev–Trinajstić information content (AvgIpc) is 2.84. The molecule has 1 aromatic heterocycles. The maximum Gasteiger partial charge on any atom is 0.324 e. The highest BCUT2D eigenvalue weighted by Gasteiger charge is 2.07. The molecule has 1 aromatic carbocycles. The smallest absolute Gasteiger partial charge is 0.307 e. The molecule has 0 saturated heterocycles. The van der Waals surface area contributed by atoms with E-state index in [4.69, 9.17) is 0 Å². The van der Waals surface area contributed by atoms with Gasteiger partial charge in [-0.05, 0) is 30.2 Å². The summed E-state index contributed by atoms with van der Waals surface area (Å²) in [6.07, 6.45) is 2.17. The lowest BCUT2D eigenvalue weighted by atomic mass is 10.1. The number of nitrogens with zero attached hydrogens (tertiary/aromatic N) is 1. The Hall–Kier alpha value is -2.37. The van der Waals surface area contributed by atoms with E-state index in [0.29, 0.717) is 17.9 Å². The van der Waals surface area contributed by atoms with Gasteiger partial charge in [0.2, 0.25) is 0 Å². The van der Waals surface area contributed by atoms with Crippen LogP contribution in [-0.4, -0.2) is 16.2 Å². The average molecular weight is 248 g/mol. The van der Waals surface area contributed by atoms with E-state index in [1.807, 2.05) is 6.92 Å². The zero-order valence-electron chi connectivity index (χ0n) is 9.83. The van der Waals surface area contributed by atoms with E-state index in [2.05, 4.69) is 20.8 Å². The number of halogens is 1. The van der Waals surface area contributed by atoms with Crippen LogP contribution in [0.25, 0.3) is 0 Å². The second kappa shape index (κ2) is 5.31. The van der Waals surface area contributed by atoms with E-state index in [1.165, 1.54) is 18.3 Å². The number of H-pyrrole nitrogens is 1. The van der Waals surface area contributed by atoms with Gasteiger partial charge in [-0.15, -0.1) is 0 Å². The minimum atomic E-state index is -0.402. The molecule has 0 aliphatic carbocycles. The van der Waals surface area contributed by atoms with E-state index < -0.39 is 6.03 Å². The molecule has 0 aliphatic heterocycles. The first-order valence-corrected chi connectivity index (χ1v) is 5.55. The molecular formula is C12H13FN4O. The molecule has 2 amide bonds. The molecule has 0 radical (unpaired) electrons. The normalized spacial score (nSPS) is 10.1. The van der Waals surface area contributed by atoms with Gasteiger partial charge in [0.25, 0.3) is 0 Å². The van der Waals surface area contributed by atoms with Crippen molar-refractivity contribution in [2.75, 3.05) is 10.6 Å². The number of hydrogen-bond donors (Lipinski definition) is 3. The SMILES string of the molecule is CCc1cc(F)ccc1NC(=O)Nc1ccn[nH]1. The largest absolute Gasteiger partial charge is 0.324 e. The van der Waals surface area contributed by atoms with Crippen molar-refractivity contribution < 1.29 is 9.18 Å². The maximum absolute atomic E-state index is 13.0. The summed E-state index contributed by atoms with van der Waals surface area (Å²) in [6.45, 7) is 1.90. The van der Waals surface area contributed by atoms with Crippen molar-refractivity contribution in [2.45, 2.75) is 13.3 Å². The van der Waals surface area contributed by atoms with Crippen LogP contribution in [0.5, 0.6) is 0 Å². The van der Waals surface area contributed by atoms with Crippen LogP contribution in [0.4, 0.5) is 20.7 Å². The summed E-state index contributed by atoms with van der Waals surface area (Å²) in [5.41, 5.74) is 1.34. The topological polar surface area (TPSA) is 69.8 Å². The Bertz CT molecular complexity index is 539. The molecule has 0 bridgehead atoms. The molecule has 2 aromatic rings. The maximum atomic E-state index is 13.0. The first kappa shape index (κ1) is 12.1. The molecule has 5 nitrogen and oxygen atoms in total. The number of urea groups is 1. The van der Waals surface area contributed by atoms with Crippen LogP contribution in [0.2, 0.25) is 0 Å². The van der Waals surface area contributed by atoms with Crippen molar-refractivity contribution in [1.82, 2.24) is 10.2 Å². The fourth-order valence-electron chi connectivity index (χ4n) is 1.58. The van der Waals surface area contributed by atoms with Gasteiger partial charge in [0, 0.05) is 11.8 Å². The highest BCUT2D eigenvalue weighted by Crippen LogP contribution is 2.17. The molecule has 3 N–H and O–H groups in total. The minimum Gasteiger partial charge on any atom is -0.307 e. The summed E-state index contributed by atoms with van der Waals surface area (Å²) in [5.74, 6) is 0.180. The monoisotopic (exact) mass is 248 g/mol. The van der Waals surface area contributed by atoms with Gasteiger partial charge in [-0.3, -0.25) is 10.4 Å². The molecule has 0 aliphatic rings. The number of aromatic amines is 1. The lowest BCUT2D eigenvalue weighted by molar-refractivity contribution is 0.262. The number of rotatable bonds is 3. The van der Waals surface area contributed by atoms with Crippen LogP contribution >= 0.6 is 0 Å². The van der Waals surface area contributed by atoms with Gasteiger partial charge in [0.15, 0.2) is 0 Å². The Balaban J connectivity index is 2.07. The molecule has 2 rings (SSSR count). The third kappa shape index (κ3) is 2.85. The van der Waals surface area contributed by atoms with Crippen molar-refractivity contribution in [3.8, 4) is 0 Å². The van der Waals surface area contributed by atoms with Crippen molar-refractivity contribution in [2.24, 2.45) is 0 Å². The molecule has 0 fully saturated rings. The van der Waals surface area contributed by atoms with E-state index in [-0.39, 0.29) is 5.82 Å². The number of amides is 2. The van der Waals surface area contributed by atoms with Crippen molar-refractivity contribution >= 4 is 17.5 Å². The van der Waals surface area contributed by atoms with E-state index in [0.717, 1.165) is 5.56 Å². The number of anilines is 2. The Morgan fingerprint density at radius 3 is 2.89 bits per heavy atom. The number of hydrogen-bond acceptors (Lipinski definition) is 2. The van der Waals surface area contributed by atoms with E-state index in [9.17, 15) is 9.18 Å². The van der Waals surface area contributed by atoms with Crippen LogP contribution in [-0.2, 0) is 6.42 Å². The summed E-state index contributed by atoms with van der Waals surface area (Å²) in [4.78, 5) is 11.7. The summed E-state index contributed by atoms with van der Waals surface area (Å²) < 4.78 is 13.0. The molecule has 94 valence electrons. The molecule has 0 spiro atoms. The Morgan fingerprint density at radius 1 is 1.39 bits per heavy atom. The molecule has 0 atom stereocenters. The van der Waals surface area contributed by atoms with Crippen molar-refractivity contribution in [3.05, 3.63) is 41.8 Å². The van der Waals surface area contributed by atoms with Crippen molar-refractivity contribution in [1.29, 1.82) is 0 Å². The summed E-state index contributed by atoms with van der Waals surface area (Å²) in [6, 6.07) is 5.49. The van der Waals surface area contributed by atoms with Gasteiger partial charge >= 0.3 is 6.03 Å². The lowest BCUT2D eigenvalue weighted by Crippen LogP contribution is -2.20. The Morgan fingerprint density at radius 2 is 2.22 bits per heavy atom. The van der Waals surface area contributed by atoms with Crippen LogP contribution in [0.15, 0.2) is 30.5 Å². The third-order valence-electron chi connectivity index (χ3n) is 2.45. The van der Waals surface area contributed by atoms with Gasteiger partial charge in [0.1, 0.15) is 11.6 Å². The zero-order valence-corrected chi connectivity index (χ0v) is 9.83. The van der Waals surface area contributed by atoms with E-state index in [1.54, 1.807) is 12.1 Å². The van der Waals surface area contributed by atoms with Crippen LogP contribution in [0.1, 0.15) is 12.5 Å². The number of carbonyl (C=O) groups excluding carboxylic acids is 1. The van der Waals surface area contributed by atoms with Crippen LogP contribution in [0.3, 0.4) is 0 Å². The summed E-state index contributed by atoms with van der Waals surface area (Å²) in [7, 11) is 0. The lowest BCUT2D eigenvalue weighted by Gasteiger charge is -2.10. The second-order valence-electron chi connectivity index (χ2n) is 3.70. The van der Waals surface area contributed by atoms with Gasteiger partial charge in [0.05, 0.1) is 6.20 Å². The van der Waals surface area contributed by atoms with Gasteiger partial charge in [-0.1, -0.05) is 6.92 Å². The van der Waals surface area contributed by atoms with Gasteiger partial charge < -0.3 is 5.32 Å². The van der Waals surface area contributed by atoms with Crippen molar-refractivity contribution in [3.63, 3.8) is 0 Å². The Labute approximate surface area is 103 Å². The Kier molecular flexibility index (Phi) is 3.57. The molecule has 18 heavy (non-hydrogen) atoms. The molecule has 6 heteroatoms. The zero-order chi connectivity index (χ0) is 13.0. The highest BCUT2D eigenvalue weighted by atomic mass is 19.1. The second-order valence-corrected chi connectivity index (χ2v) is 3.70. The van der Waals surface area contributed by atoms with Gasteiger partial charge in [-0.25, -0.2) is 9.18 Å². The van der Waals surface area contributed by atoms with Crippen LogP contribution < -0.4 is 10.6 Å². The number of aryl methyl sites for hydroxylation is 1. The van der Waals surface area contributed by atoms with Crippen LogP contribution in [0, 0.1) is 5.82 Å². The first-order chi connectivity index (χ1) is 8.69. The first-order valence-electron chi connectivity index (χ1n) is 5.55. The third-order valence-corrected chi connectivity index (χ3v) is 2.45. The van der Waals surface area contributed by atoms with Gasteiger partial charge in [-0.2, -0.15) is 5.10 Å². The molecule has 0 saturated carbocycles. The quantitative estimate of drug-likeness (QED) is 0.781. The van der Waals surface area contributed by atoms with E-state index >= 15 is 0 Å². The fraction of sp³-hybridized carbons (Fsp3) is 0.167. The fourth-order valence-corrected chi connectivity index (χ4v) is 1.58. The predicted octanol–water partition coefficient (Wildman–Crippen LogP) is 2.76. The number of benzene rings is 1. The standard InChI is InChI=1S/C12H13FN4O/c1-2-8-7-9(13)3-4-10(8)15-12(18)16-11-5-6-14-17-11/h3-7H,2H2,1H3,(H3,14,15,16,17,18). The summed E-state index contributed by atoms with van der Waals surface area (Å²) >= 11 is 0. The summed E-state index contributed by atoms with van der Waals surface area (Å²) in [5, 5.41) is 11.6. The number of aromatic nitrogens is 2. The molecule has 0 unspecified atom stereocenters. The number of nitrogens with one attached hydrogen (secondary N) is 3. The minimum absolute atomic E-state index is 0.314.